The van der Waals surface area contributed by atoms with Crippen LogP contribution in [0, 0.1) is 0 Å². The van der Waals surface area contributed by atoms with E-state index in [1.165, 1.54) is 57.1 Å². The van der Waals surface area contributed by atoms with E-state index in [2.05, 4.69) is 44.7 Å². The van der Waals surface area contributed by atoms with E-state index in [4.69, 9.17) is 0 Å². The molecule has 20 heavy (non-hydrogen) atoms. The number of halogens is 1. The highest BCUT2D eigenvalue weighted by Crippen LogP contribution is 2.10. The van der Waals surface area contributed by atoms with E-state index >= 15 is 0 Å². The van der Waals surface area contributed by atoms with Crippen LogP contribution in [0.4, 0.5) is 0 Å². The summed E-state index contributed by atoms with van der Waals surface area (Å²) >= 11 is 0. The second-order valence-electron chi connectivity index (χ2n) is 6.34. The van der Waals surface area contributed by atoms with Gasteiger partial charge in [0.1, 0.15) is 6.54 Å². The molecule has 0 atom stereocenters. The molecule has 0 saturated heterocycles. The largest absolute Gasteiger partial charge is 1.00 e. The van der Waals surface area contributed by atoms with Crippen LogP contribution in [0.1, 0.15) is 58.3 Å². The number of hydrogen-bond donors (Lipinski definition) is 1. The molecule has 0 aromatic heterocycles. The zero-order valence-corrected chi connectivity index (χ0v) is 15.2. The molecule has 0 fully saturated rings. The molecule has 0 unspecified atom stereocenters. The van der Waals surface area contributed by atoms with Crippen molar-refractivity contribution in [3.8, 4) is 0 Å². The van der Waals surface area contributed by atoms with Gasteiger partial charge >= 0.3 is 0 Å². The predicted molar refractivity (Wildman–Crippen MR) is 84.8 cm³/mol. The van der Waals surface area contributed by atoms with Gasteiger partial charge in [-0.3, -0.25) is 4.48 Å². The van der Waals surface area contributed by atoms with Crippen molar-refractivity contribution in [2.75, 3.05) is 27.2 Å². The van der Waals surface area contributed by atoms with Crippen molar-refractivity contribution < 1.29 is 21.5 Å². The van der Waals surface area contributed by atoms with E-state index in [1.807, 2.05) is 0 Å². The Morgan fingerprint density at radius 1 is 1.00 bits per heavy atom. The van der Waals surface area contributed by atoms with Crippen molar-refractivity contribution in [3.63, 3.8) is 0 Å². The van der Waals surface area contributed by atoms with Crippen LogP contribution in [0.3, 0.4) is 0 Å². The number of nitrogens with one attached hydrogen (secondary N) is 1. The van der Waals surface area contributed by atoms with Gasteiger partial charge < -0.3 is 22.3 Å². The van der Waals surface area contributed by atoms with Gasteiger partial charge in [0, 0.05) is 18.3 Å². The van der Waals surface area contributed by atoms with Crippen LogP contribution in [0.2, 0.25) is 0 Å². The van der Waals surface area contributed by atoms with Crippen LogP contribution in [0.15, 0.2) is 24.0 Å². The van der Waals surface area contributed by atoms with Gasteiger partial charge in [-0.25, -0.2) is 0 Å². The first-order valence-electron chi connectivity index (χ1n) is 8.10. The monoisotopic (exact) mass is 344 g/mol. The molecule has 1 N–H and O–H groups in total. The van der Waals surface area contributed by atoms with Crippen LogP contribution in [0.25, 0.3) is 0 Å². The topological polar surface area (TPSA) is 12.0 Å². The molecule has 0 saturated carbocycles. The summed E-state index contributed by atoms with van der Waals surface area (Å²) < 4.78 is 0.961. The molecule has 0 aliphatic carbocycles. The smallest absolute Gasteiger partial charge is 0.103 e. The summed E-state index contributed by atoms with van der Waals surface area (Å²) in [6.45, 7) is 4.49. The molecule has 118 valence electrons. The van der Waals surface area contributed by atoms with Gasteiger partial charge in [-0.1, -0.05) is 51.9 Å². The minimum absolute atomic E-state index is 0. The minimum Gasteiger partial charge on any atom is -1.00 e. The normalized spacial score (nSPS) is 16.4. The second kappa shape index (κ2) is 11.4. The van der Waals surface area contributed by atoms with Crippen molar-refractivity contribution in [1.29, 1.82) is 0 Å². The van der Waals surface area contributed by atoms with Crippen LogP contribution < -0.4 is 22.3 Å². The molecule has 3 heteroatoms. The van der Waals surface area contributed by atoms with Crippen LogP contribution >= 0.6 is 0 Å². The highest BCUT2D eigenvalue weighted by molar-refractivity contribution is 5.17. The summed E-state index contributed by atoms with van der Waals surface area (Å²) in [5.74, 6) is 0. The summed E-state index contributed by atoms with van der Waals surface area (Å²) in [5.41, 5.74) is 1.31. The average Bonchev–Trinajstić information content (AvgIpc) is 2.38. The highest BCUT2D eigenvalue weighted by Gasteiger charge is 2.13. The maximum Gasteiger partial charge on any atom is 0.103 e. The lowest BCUT2D eigenvalue weighted by atomic mass is 10.1. The van der Waals surface area contributed by atoms with E-state index < -0.39 is 0 Å². The lowest BCUT2D eigenvalue weighted by Gasteiger charge is -2.26. The zero-order valence-electron chi connectivity index (χ0n) is 13.6. The molecule has 0 amide bonds. The molecule has 0 bridgehead atoms. The van der Waals surface area contributed by atoms with Gasteiger partial charge in [0.2, 0.25) is 0 Å². The Balaban J connectivity index is 0.00000361. The van der Waals surface area contributed by atoms with Crippen molar-refractivity contribution >= 4 is 0 Å². The van der Waals surface area contributed by atoms with E-state index in [9.17, 15) is 0 Å². The molecule has 1 heterocycles. The first-order valence-corrected chi connectivity index (χ1v) is 8.10. The quantitative estimate of drug-likeness (QED) is 0.464. The molecule has 1 aliphatic rings. The lowest BCUT2D eigenvalue weighted by molar-refractivity contribution is -0.833. The molecular weight excluding hydrogens is 312 g/mol. The van der Waals surface area contributed by atoms with Crippen molar-refractivity contribution in [1.82, 2.24) is 5.32 Å². The number of likely N-dealkylation sites (N-methyl/N-ethyl adjacent to an activating group) is 1. The second-order valence-corrected chi connectivity index (χ2v) is 6.34. The Morgan fingerprint density at radius 2 is 1.60 bits per heavy atom. The number of quaternary nitrogens is 1. The van der Waals surface area contributed by atoms with Gasteiger partial charge in [0.15, 0.2) is 0 Å². The summed E-state index contributed by atoms with van der Waals surface area (Å²) in [7, 11) is 4.45. The third kappa shape index (κ3) is 9.60. The highest BCUT2D eigenvalue weighted by atomic mass is 79.9. The summed E-state index contributed by atoms with van der Waals surface area (Å²) in [6.07, 6.45) is 17.9. The number of unbranched alkanes of at least 4 members (excludes halogenated alkanes) is 7. The Bertz CT molecular complexity index is 295. The summed E-state index contributed by atoms with van der Waals surface area (Å²) in [6, 6.07) is 0. The number of allylic oxidation sites excluding steroid dienone is 1. The molecule has 2 nitrogen and oxygen atoms in total. The van der Waals surface area contributed by atoms with Gasteiger partial charge in [-0.05, 0) is 12.5 Å². The first-order chi connectivity index (χ1) is 9.14. The van der Waals surface area contributed by atoms with Crippen LogP contribution in [-0.4, -0.2) is 31.7 Å². The molecule has 1 aliphatic heterocycles. The van der Waals surface area contributed by atoms with Gasteiger partial charge in [-0.15, -0.1) is 0 Å². The van der Waals surface area contributed by atoms with E-state index in [1.54, 1.807) is 0 Å². The molecule has 0 radical (unpaired) electrons. The maximum atomic E-state index is 3.53. The van der Waals surface area contributed by atoms with Crippen molar-refractivity contribution in [3.05, 3.63) is 24.0 Å². The van der Waals surface area contributed by atoms with Gasteiger partial charge in [0.25, 0.3) is 0 Å². The Hall–Kier alpha value is -0.280. The third-order valence-corrected chi connectivity index (χ3v) is 3.80. The third-order valence-electron chi connectivity index (χ3n) is 3.80. The fourth-order valence-electron chi connectivity index (χ4n) is 2.37. The van der Waals surface area contributed by atoms with Crippen LogP contribution in [0.5, 0.6) is 0 Å². The first kappa shape index (κ1) is 19.7. The molecule has 1 rings (SSSR count). The van der Waals surface area contributed by atoms with Crippen molar-refractivity contribution in [2.45, 2.75) is 58.3 Å². The van der Waals surface area contributed by atoms with Gasteiger partial charge in [-0.2, -0.15) is 0 Å². The van der Waals surface area contributed by atoms with E-state index in [0.29, 0.717) is 0 Å². The molecule has 0 spiro atoms. The average molecular weight is 345 g/mol. The Labute approximate surface area is 136 Å². The van der Waals surface area contributed by atoms with E-state index in [-0.39, 0.29) is 17.0 Å². The fraction of sp³-hybridized carbons (Fsp3) is 0.765. The zero-order chi connectivity index (χ0) is 14.0. The lowest BCUT2D eigenvalue weighted by Crippen LogP contribution is -3.00. The predicted octanol–water partition coefficient (Wildman–Crippen LogP) is 1.21. The van der Waals surface area contributed by atoms with Crippen molar-refractivity contribution in [2.24, 2.45) is 0 Å². The fourth-order valence-corrected chi connectivity index (χ4v) is 2.37. The maximum absolute atomic E-state index is 3.53. The van der Waals surface area contributed by atoms with Crippen LogP contribution in [-0.2, 0) is 0 Å². The summed E-state index contributed by atoms with van der Waals surface area (Å²) in [5, 5.41) is 3.53. The Morgan fingerprint density at radius 3 is 2.15 bits per heavy atom. The minimum atomic E-state index is 0. The molecule has 0 aromatic carbocycles. The summed E-state index contributed by atoms with van der Waals surface area (Å²) in [4.78, 5) is 0. The number of nitrogens with zero attached hydrogens (tertiary/aromatic N) is 1. The van der Waals surface area contributed by atoms with Gasteiger partial charge in [0.05, 0.1) is 20.3 Å². The standard InChI is InChI=1S/C17H33N2.BrH/c1-4-5-6-7-8-9-10-11-14-18-17-12-15-19(2,3)16-13-17;/h12-13,15,18H,4-11,14,16H2,1-3H3;1H/q+1;/p-1. The Kier molecular flexibility index (Phi) is 11.2. The number of rotatable bonds is 10. The molecule has 0 aromatic rings. The molecular formula is C17H33BrN2. The SMILES string of the molecule is CCCCCCCCCCNC1=CC[N+](C)(C)C=C1.[Br-]. The van der Waals surface area contributed by atoms with E-state index in [0.717, 1.165) is 17.6 Å². The number of hydrogen-bond acceptors (Lipinski definition) is 1.